The van der Waals surface area contributed by atoms with Crippen molar-refractivity contribution in [2.24, 2.45) is 0 Å². The molecule has 1 N–H and O–H groups in total. The molecule has 2 rings (SSSR count). The molecule has 0 saturated carbocycles. The molecule has 5 heteroatoms. The van der Waals surface area contributed by atoms with E-state index in [4.69, 9.17) is 4.74 Å². The highest BCUT2D eigenvalue weighted by Crippen LogP contribution is 2.16. The molecule has 0 fully saturated rings. The molecule has 0 atom stereocenters. The van der Waals surface area contributed by atoms with Crippen LogP contribution in [0.5, 0.6) is 5.75 Å². The maximum Gasteiger partial charge on any atom is 0.262 e. The minimum atomic E-state index is -0.343. The Morgan fingerprint density at radius 2 is 1.74 bits per heavy atom. The largest absolute Gasteiger partial charge is 0.484 e. The van der Waals surface area contributed by atoms with Crippen molar-refractivity contribution in [3.63, 3.8) is 0 Å². The quantitative estimate of drug-likeness (QED) is 0.933. The predicted octanol–water partition coefficient (Wildman–Crippen LogP) is 3.61. The molecule has 0 aliphatic carbocycles. The Labute approximate surface area is 118 Å². The number of amides is 1. The molecule has 1 amide bonds. The molecule has 0 bridgehead atoms. The van der Waals surface area contributed by atoms with Crippen LogP contribution < -0.4 is 10.1 Å². The molecular weight excluding hydrogens is 313 g/mol. The summed E-state index contributed by atoms with van der Waals surface area (Å²) in [5.41, 5.74) is 0.533. The summed E-state index contributed by atoms with van der Waals surface area (Å²) in [6, 6.07) is 12.7. The Hall–Kier alpha value is -1.88. The van der Waals surface area contributed by atoms with Gasteiger partial charge in [-0.25, -0.2) is 4.39 Å². The van der Waals surface area contributed by atoms with Gasteiger partial charge in [0.05, 0.1) is 0 Å². The van der Waals surface area contributed by atoms with Crippen LogP contribution in [0, 0.1) is 5.82 Å². The van der Waals surface area contributed by atoms with Gasteiger partial charge in [-0.3, -0.25) is 4.79 Å². The number of rotatable bonds is 4. The first-order valence-electron chi connectivity index (χ1n) is 5.57. The zero-order chi connectivity index (χ0) is 13.7. The zero-order valence-corrected chi connectivity index (χ0v) is 11.5. The molecule has 3 nitrogen and oxygen atoms in total. The first kappa shape index (κ1) is 13.5. The van der Waals surface area contributed by atoms with Crippen LogP contribution in [0.3, 0.4) is 0 Å². The number of carbonyl (C=O) groups excluding carboxylic acids is 1. The second-order valence-electron chi connectivity index (χ2n) is 3.80. The fraction of sp³-hybridized carbons (Fsp3) is 0.0714. The van der Waals surface area contributed by atoms with Crippen molar-refractivity contribution in [1.82, 2.24) is 0 Å². The molecule has 0 radical (unpaired) electrons. The van der Waals surface area contributed by atoms with Crippen LogP contribution in [0.1, 0.15) is 0 Å². The van der Waals surface area contributed by atoms with Crippen LogP contribution in [-0.4, -0.2) is 12.5 Å². The third kappa shape index (κ3) is 4.37. The van der Waals surface area contributed by atoms with E-state index in [1.807, 2.05) is 12.1 Å². The van der Waals surface area contributed by atoms with Gasteiger partial charge in [-0.15, -0.1) is 0 Å². The monoisotopic (exact) mass is 323 g/mol. The summed E-state index contributed by atoms with van der Waals surface area (Å²) in [7, 11) is 0. The first-order valence-corrected chi connectivity index (χ1v) is 6.36. The van der Waals surface area contributed by atoms with Gasteiger partial charge in [-0.05, 0) is 48.5 Å². The topological polar surface area (TPSA) is 38.3 Å². The minimum absolute atomic E-state index is 0.0982. The van der Waals surface area contributed by atoms with Crippen LogP contribution in [0.2, 0.25) is 0 Å². The van der Waals surface area contributed by atoms with E-state index in [1.165, 1.54) is 24.3 Å². The van der Waals surface area contributed by atoms with Gasteiger partial charge in [0.1, 0.15) is 11.6 Å². The van der Waals surface area contributed by atoms with Crippen LogP contribution in [-0.2, 0) is 4.79 Å². The number of hydrogen-bond acceptors (Lipinski definition) is 2. The molecule has 19 heavy (non-hydrogen) atoms. The van der Waals surface area contributed by atoms with E-state index in [0.29, 0.717) is 11.4 Å². The number of halogens is 2. The fourth-order valence-corrected chi connectivity index (χ4v) is 1.67. The van der Waals surface area contributed by atoms with Gasteiger partial charge < -0.3 is 10.1 Å². The lowest BCUT2D eigenvalue weighted by atomic mass is 10.3. The average molecular weight is 324 g/mol. The molecule has 2 aromatic rings. The van der Waals surface area contributed by atoms with Gasteiger partial charge in [-0.1, -0.05) is 15.9 Å². The molecule has 2 aromatic carbocycles. The summed E-state index contributed by atoms with van der Waals surface area (Å²) in [6.07, 6.45) is 0. The van der Waals surface area contributed by atoms with Gasteiger partial charge in [0.15, 0.2) is 6.61 Å². The summed E-state index contributed by atoms with van der Waals surface area (Å²) in [5, 5.41) is 2.61. The second-order valence-corrected chi connectivity index (χ2v) is 4.71. The third-order valence-corrected chi connectivity index (χ3v) is 2.84. The Kier molecular flexibility index (Phi) is 4.52. The smallest absolute Gasteiger partial charge is 0.262 e. The Morgan fingerprint density at radius 3 is 2.37 bits per heavy atom. The molecule has 0 aliphatic heterocycles. The SMILES string of the molecule is O=C(COc1ccc(Br)cc1)Nc1ccc(F)cc1. The normalized spacial score (nSPS) is 10.0. The highest BCUT2D eigenvalue weighted by molar-refractivity contribution is 9.10. The van der Waals surface area contributed by atoms with Crippen molar-refractivity contribution >= 4 is 27.5 Å². The lowest BCUT2D eigenvalue weighted by Crippen LogP contribution is -2.20. The third-order valence-electron chi connectivity index (χ3n) is 2.31. The maximum absolute atomic E-state index is 12.7. The van der Waals surface area contributed by atoms with Crippen molar-refractivity contribution in [1.29, 1.82) is 0 Å². The number of anilines is 1. The number of benzene rings is 2. The second kappa shape index (κ2) is 6.33. The van der Waals surface area contributed by atoms with E-state index < -0.39 is 0 Å². The molecule has 0 spiro atoms. The highest BCUT2D eigenvalue weighted by Gasteiger charge is 2.03. The lowest BCUT2D eigenvalue weighted by molar-refractivity contribution is -0.118. The van der Waals surface area contributed by atoms with Gasteiger partial charge in [0, 0.05) is 10.2 Å². The summed E-state index contributed by atoms with van der Waals surface area (Å²) < 4.78 is 18.9. The Bertz CT molecular complexity index is 555. The predicted molar refractivity (Wildman–Crippen MR) is 74.7 cm³/mol. The van der Waals surface area contributed by atoms with E-state index in [9.17, 15) is 9.18 Å². The molecule has 0 unspecified atom stereocenters. The molecule has 98 valence electrons. The fourth-order valence-electron chi connectivity index (χ4n) is 1.41. The van der Waals surface area contributed by atoms with Crippen molar-refractivity contribution in [3.05, 3.63) is 58.8 Å². The minimum Gasteiger partial charge on any atom is -0.484 e. The van der Waals surface area contributed by atoms with Gasteiger partial charge in [-0.2, -0.15) is 0 Å². The van der Waals surface area contributed by atoms with Crippen LogP contribution in [0.25, 0.3) is 0 Å². The number of ether oxygens (including phenoxy) is 1. The van der Waals surface area contributed by atoms with Crippen LogP contribution >= 0.6 is 15.9 Å². The molecular formula is C14H11BrFNO2. The van der Waals surface area contributed by atoms with Crippen LogP contribution in [0.15, 0.2) is 53.0 Å². The van der Waals surface area contributed by atoms with E-state index in [2.05, 4.69) is 21.2 Å². The van der Waals surface area contributed by atoms with E-state index >= 15 is 0 Å². The average Bonchev–Trinajstić information content (AvgIpc) is 2.41. The van der Waals surface area contributed by atoms with E-state index in [1.54, 1.807) is 12.1 Å². The van der Waals surface area contributed by atoms with Gasteiger partial charge >= 0.3 is 0 Å². The number of hydrogen-bond donors (Lipinski definition) is 1. The van der Waals surface area contributed by atoms with E-state index in [-0.39, 0.29) is 18.3 Å². The van der Waals surface area contributed by atoms with Crippen molar-refractivity contribution in [3.8, 4) is 5.75 Å². The summed E-state index contributed by atoms with van der Waals surface area (Å²) in [6.45, 7) is -0.0982. The maximum atomic E-state index is 12.7. The number of carbonyl (C=O) groups is 1. The molecule has 0 heterocycles. The van der Waals surface area contributed by atoms with Gasteiger partial charge in [0.2, 0.25) is 0 Å². The number of nitrogens with one attached hydrogen (secondary N) is 1. The summed E-state index contributed by atoms with van der Waals surface area (Å²) >= 11 is 3.31. The van der Waals surface area contributed by atoms with Crippen molar-refractivity contribution in [2.75, 3.05) is 11.9 Å². The standard InChI is InChI=1S/C14H11BrFNO2/c15-10-1-7-13(8-2-10)19-9-14(18)17-12-5-3-11(16)4-6-12/h1-8H,9H2,(H,17,18). The summed E-state index contributed by atoms with van der Waals surface area (Å²) in [4.78, 5) is 11.6. The Morgan fingerprint density at radius 1 is 1.11 bits per heavy atom. The summed E-state index contributed by atoms with van der Waals surface area (Å²) in [5.74, 6) is -0.0314. The molecule has 0 aliphatic rings. The van der Waals surface area contributed by atoms with Crippen molar-refractivity contribution in [2.45, 2.75) is 0 Å². The van der Waals surface area contributed by atoms with E-state index in [0.717, 1.165) is 4.47 Å². The highest BCUT2D eigenvalue weighted by atomic mass is 79.9. The molecule has 0 aromatic heterocycles. The van der Waals surface area contributed by atoms with Gasteiger partial charge in [0.25, 0.3) is 5.91 Å². The lowest BCUT2D eigenvalue weighted by Gasteiger charge is -2.07. The zero-order valence-electron chi connectivity index (χ0n) is 9.90. The Balaban J connectivity index is 1.84. The molecule has 0 saturated heterocycles. The van der Waals surface area contributed by atoms with Crippen molar-refractivity contribution < 1.29 is 13.9 Å². The van der Waals surface area contributed by atoms with Crippen LogP contribution in [0.4, 0.5) is 10.1 Å². The first-order chi connectivity index (χ1) is 9.13.